The Kier molecular flexibility index (Phi) is 6.24. The largest absolute Gasteiger partial charge is 0.473 e. The summed E-state index contributed by atoms with van der Waals surface area (Å²) in [6, 6.07) is 4.32. The molecule has 3 heterocycles. The van der Waals surface area contributed by atoms with Crippen LogP contribution in [0.2, 0.25) is 0 Å². The van der Waals surface area contributed by atoms with Gasteiger partial charge < -0.3 is 4.74 Å². The fraction of sp³-hybridized carbons (Fsp3) is 0.300. The topological polar surface area (TPSA) is 104 Å². The molecule has 1 aliphatic rings. The zero-order valence-corrected chi connectivity index (χ0v) is 15.9. The van der Waals surface area contributed by atoms with Gasteiger partial charge in [0.05, 0.1) is 23.8 Å². The predicted octanol–water partition coefficient (Wildman–Crippen LogP) is 2.87. The van der Waals surface area contributed by atoms with Crippen molar-refractivity contribution in [1.29, 1.82) is 5.26 Å². The Morgan fingerprint density at radius 1 is 1.38 bits per heavy atom. The van der Waals surface area contributed by atoms with E-state index in [1.165, 1.54) is 29.5 Å². The fourth-order valence-corrected chi connectivity index (χ4v) is 2.72. The number of carbonyl (C=O) groups is 1. The van der Waals surface area contributed by atoms with Crippen LogP contribution in [0.3, 0.4) is 0 Å². The SMILES string of the molecule is C=C(CCC(=O)N1N=CCC1c1cnc(C#N)cn1)COc1ccc(F)c(C)n1. The Morgan fingerprint density at radius 3 is 2.90 bits per heavy atom. The first kappa shape index (κ1) is 20.1. The first-order valence-corrected chi connectivity index (χ1v) is 8.97. The van der Waals surface area contributed by atoms with Crippen LogP contribution in [0.1, 0.15) is 42.4 Å². The van der Waals surface area contributed by atoms with Crippen LogP contribution >= 0.6 is 0 Å². The van der Waals surface area contributed by atoms with Crippen molar-refractivity contribution in [2.45, 2.75) is 32.2 Å². The molecule has 0 spiro atoms. The van der Waals surface area contributed by atoms with Crippen molar-refractivity contribution in [1.82, 2.24) is 20.0 Å². The van der Waals surface area contributed by atoms with Crippen molar-refractivity contribution < 1.29 is 13.9 Å². The number of hydrazone groups is 1. The summed E-state index contributed by atoms with van der Waals surface area (Å²) in [5, 5.41) is 14.3. The summed E-state index contributed by atoms with van der Waals surface area (Å²) in [4.78, 5) is 24.8. The summed E-state index contributed by atoms with van der Waals surface area (Å²) in [5.74, 6) is -0.263. The van der Waals surface area contributed by atoms with Crippen LogP contribution in [0.4, 0.5) is 4.39 Å². The highest BCUT2D eigenvalue weighted by molar-refractivity contribution is 5.79. The zero-order valence-electron chi connectivity index (χ0n) is 15.9. The van der Waals surface area contributed by atoms with E-state index < -0.39 is 5.82 Å². The number of pyridine rings is 1. The molecule has 0 saturated carbocycles. The molecule has 1 aliphatic heterocycles. The molecule has 3 rings (SSSR count). The molecule has 1 atom stereocenters. The summed E-state index contributed by atoms with van der Waals surface area (Å²) in [7, 11) is 0. The van der Waals surface area contributed by atoms with E-state index in [-0.39, 0.29) is 36.4 Å². The number of halogens is 1. The highest BCUT2D eigenvalue weighted by atomic mass is 19.1. The third-order valence-electron chi connectivity index (χ3n) is 4.33. The minimum Gasteiger partial charge on any atom is -0.473 e. The monoisotopic (exact) mass is 394 g/mol. The molecule has 0 fully saturated rings. The van der Waals surface area contributed by atoms with Crippen LogP contribution in [0, 0.1) is 24.1 Å². The number of aromatic nitrogens is 3. The molecule has 0 N–H and O–H groups in total. The lowest BCUT2D eigenvalue weighted by Crippen LogP contribution is -2.27. The van der Waals surface area contributed by atoms with Crippen LogP contribution in [0.25, 0.3) is 0 Å². The van der Waals surface area contributed by atoms with E-state index in [0.717, 1.165) is 0 Å². The smallest absolute Gasteiger partial charge is 0.243 e. The maximum atomic E-state index is 13.2. The number of nitriles is 1. The van der Waals surface area contributed by atoms with Gasteiger partial charge in [0.25, 0.3) is 0 Å². The van der Waals surface area contributed by atoms with Gasteiger partial charge in [-0.1, -0.05) is 6.58 Å². The summed E-state index contributed by atoms with van der Waals surface area (Å²) < 4.78 is 18.7. The van der Waals surface area contributed by atoms with Gasteiger partial charge in [-0.3, -0.25) is 9.78 Å². The minimum absolute atomic E-state index is 0.174. The lowest BCUT2D eigenvalue weighted by molar-refractivity contribution is -0.133. The van der Waals surface area contributed by atoms with E-state index in [0.29, 0.717) is 30.0 Å². The Hall–Kier alpha value is -3.67. The standard InChI is InChI=1S/C20H19FN6O2/c1-13(12-29-19-5-4-16(21)14(2)26-19)3-6-20(28)27-18(7-8-25-27)17-11-23-15(9-22)10-24-17/h4-5,8,10-11,18H,1,3,6-7,12H2,2H3. The van der Waals surface area contributed by atoms with E-state index in [1.54, 1.807) is 13.1 Å². The molecule has 2 aromatic heterocycles. The molecule has 2 aromatic rings. The second kappa shape index (κ2) is 9.01. The minimum atomic E-state index is -0.394. The number of aryl methyl sites for hydroxylation is 1. The molecule has 8 nitrogen and oxygen atoms in total. The van der Waals surface area contributed by atoms with E-state index in [2.05, 4.69) is 26.6 Å². The lowest BCUT2D eigenvalue weighted by Gasteiger charge is -2.21. The average Bonchev–Trinajstić information content (AvgIpc) is 3.23. The van der Waals surface area contributed by atoms with E-state index >= 15 is 0 Å². The van der Waals surface area contributed by atoms with Crippen LogP contribution in [0.15, 0.2) is 41.8 Å². The second-order valence-corrected chi connectivity index (χ2v) is 6.48. The highest BCUT2D eigenvalue weighted by Gasteiger charge is 2.29. The van der Waals surface area contributed by atoms with Crippen LogP contribution in [0.5, 0.6) is 5.88 Å². The van der Waals surface area contributed by atoms with Gasteiger partial charge in [0.15, 0.2) is 5.69 Å². The summed E-state index contributed by atoms with van der Waals surface area (Å²) in [6.45, 7) is 5.65. The van der Waals surface area contributed by atoms with Gasteiger partial charge in [0.2, 0.25) is 11.8 Å². The molecule has 1 unspecified atom stereocenters. The number of rotatable bonds is 7. The molecule has 0 aliphatic carbocycles. The molecular weight excluding hydrogens is 375 g/mol. The van der Waals surface area contributed by atoms with Crippen molar-refractivity contribution in [3.8, 4) is 11.9 Å². The van der Waals surface area contributed by atoms with E-state index in [4.69, 9.17) is 10.00 Å². The lowest BCUT2D eigenvalue weighted by atomic mass is 10.1. The van der Waals surface area contributed by atoms with E-state index in [1.807, 2.05) is 6.07 Å². The van der Waals surface area contributed by atoms with Crippen LogP contribution in [-0.4, -0.2) is 38.7 Å². The van der Waals surface area contributed by atoms with Gasteiger partial charge in [-0.2, -0.15) is 10.4 Å². The number of carbonyl (C=O) groups excluding carboxylic acids is 1. The van der Waals surface area contributed by atoms with Crippen LogP contribution in [-0.2, 0) is 4.79 Å². The Balaban J connectivity index is 1.51. The number of nitrogens with zero attached hydrogens (tertiary/aromatic N) is 6. The molecule has 148 valence electrons. The molecule has 0 bridgehead atoms. The first-order chi connectivity index (χ1) is 14.0. The van der Waals surface area contributed by atoms with Crippen molar-refractivity contribution in [3.05, 3.63) is 59.6 Å². The molecule has 0 saturated heterocycles. The number of hydrogen-bond acceptors (Lipinski definition) is 7. The Morgan fingerprint density at radius 2 is 2.21 bits per heavy atom. The fourth-order valence-electron chi connectivity index (χ4n) is 2.72. The second-order valence-electron chi connectivity index (χ2n) is 6.48. The summed E-state index contributed by atoms with van der Waals surface area (Å²) in [5.41, 5.74) is 1.76. The Labute approximate surface area is 167 Å². The van der Waals surface area contributed by atoms with Crippen molar-refractivity contribution in [2.75, 3.05) is 6.61 Å². The molecule has 29 heavy (non-hydrogen) atoms. The quantitative estimate of drug-likeness (QED) is 0.669. The van der Waals surface area contributed by atoms with Gasteiger partial charge >= 0.3 is 0 Å². The maximum absolute atomic E-state index is 13.2. The van der Waals surface area contributed by atoms with Gasteiger partial charge in [-0.15, -0.1) is 0 Å². The summed E-state index contributed by atoms with van der Waals surface area (Å²) in [6.07, 6.45) is 5.67. The third kappa shape index (κ3) is 4.99. The zero-order chi connectivity index (χ0) is 20.8. The van der Waals surface area contributed by atoms with Gasteiger partial charge in [-0.05, 0) is 25.0 Å². The number of amides is 1. The van der Waals surface area contributed by atoms with Gasteiger partial charge in [0, 0.05) is 25.1 Å². The maximum Gasteiger partial charge on any atom is 0.243 e. The highest BCUT2D eigenvalue weighted by Crippen LogP contribution is 2.27. The van der Waals surface area contributed by atoms with Crippen LogP contribution < -0.4 is 4.74 Å². The van der Waals surface area contributed by atoms with Crippen molar-refractivity contribution in [3.63, 3.8) is 0 Å². The van der Waals surface area contributed by atoms with E-state index in [9.17, 15) is 9.18 Å². The molecule has 0 aromatic carbocycles. The Bertz CT molecular complexity index is 983. The molecule has 9 heteroatoms. The molecule has 1 amide bonds. The number of ether oxygens (including phenoxy) is 1. The predicted molar refractivity (Wildman–Crippen MR) is 102 cm³/mol. The molecular formula is C20H19FN6O2. The third-order valence-corrected chi connectivity index (χ3v) is 4.33. The number of hydrogen-bond donors (Lipinski definition) is 0. The summed E-state index contributed by atoms with van der Waals surface area (Å²) >= 11 is 0. The van der Waals surface area contributed by atoms with Crippen molar-refractivity contribution >= 4 is 12.1 Å². The van der Waals surface area contributed by atoms with Crippen molar-refractivity contribution in [2.24, 2.45) is 5.10 Å². The average molecular weight is 394 g/mol. The first-order valence-electron chi connectivity index (χ1n) is 8.97. The van der Waals surface area contributed by atoms with Gasteiger partial charge in [0.1, 0.15) is 24.5 Å². The van der Waals surface area contributed by atoms with Gasteiger partial charge in [-0.25, -0.2) is 19.4 Å². The normalized spacial score (nSPS) is 15.2. The molecule has 0 radical (unpaired) electrons.